The van der Waals surface area contributed by atoms with Crippen LogP contribution in [0.15, 0.2) is 0 Å². The summed E-state index contributed by atoms with van der Waals surface area (Å²) in [7, 11) is 0. The zero-order chi connectivity index (χ0) is 13.5. The van der Waals surface area contributed by atoms with Gasteiger partial charge in [0.05, 0.1) is 19.0 Å². The molecule has 0 heterocycles. The predicted octanol–water partition coefficient (Wildman–Crippen LogP) is 2.58. The molecule has 1 N–H and O–H groups in total. The summed E-state index contributed by atoms with van der Waals surface area (Å²) in [6.07, 6.45) is 4.67. The topological polar surface area (TPSA) is 46.5 Å². The Morgan fingerprint density at radius 2 is 1.94 bits per heavy atom. The van der Waals surface area contributed by atoms with E-state index in [0.717, 1.165) is 12.8 Å². The van der Waals surface area contributed by atoms with E-state index < -0.39 is 0 Å². The number of esters is 1. The number of ether oxygens (including phenoxy) is 1. The molecule has 0 saturated carbocycles. The Bertz CT molecular complexity index is 164. The Kier molecular flexibility index (Phi) is 18.5. The molecule has 1 unspecified atom stereocenters. The zero-order valence-electron chi connectivity index (χ0n) is 10.9. The minimum absolute atomic E-state index is 0.184. The molecule has 5 heteroatoms. The number of rotatable bonds is 8. The second-order valence-corrected chi connectivity index (χ2v) is 4.47. The molecule has 0 aliphatic heterocycles. The summed E-state index contributed by atoms with van der Waals surface area (Å²) < 4.78 is 5.03. The molecular formula is C12H26O3S2. The van der Waals surface area contributed by atoms with Gasteiger partial charge in [0.2, 0.25) is 0 Å². The smallest absolute Gasteiger partial charge is 0.315 e. The average molecular weight is 282 g/mol. The van der Waals surface area contributed by atoms with Crippen LogP contribution < -0.4 is 0 Å². The molecule has 0 rings (SSSR count). The van der Waals surface area contributed by atoms with Gasteiger partial charge in [-0.3, -0.25) is 4.79 Å². The molecule has 0 fully saturated rings. The Labute approximate surface area is 116 Å². The van der Waals surface area contributed by atoms with E-state index in [-0.39, 0.29) is 18.3 Å². The molecule has 0 aliphatic rings. The molecule has 0 saturated heterocycles. The lowest BCUT2D eigenvalue weighted by molar-refractivity contribution is -0.141. The van der Waals surface area contributed by atoms with Crippen molar-refractivity contribution in [2.24, 2.45) is 5.92 Å². The second kappa shape index (κ2) is 16.1. The van der Waals surface area contributed by atoms with E-state index >= 15 is 0 Å². The molecule has 104 valence electrons. The second-order valence-electron chi connectivity index (χ2n) is 3.70. The maximum absolute atomic E-state index is 10.8. The highest BCUT2D eigenvalue weighted by atomic mass is 32.1. The summed E-state index contributed by atoms with van der Waals surface area (Å²) in [5, 5.41) is 7.80. The van der Waals surface area contributed by atoms with E-state index in [1.807, 2.05) is 0 Å². The van der Waals surface area contributed by atoms with Crippen molar-refractivity contribution in [2.75, 3.05) is 24.7 Å². The van der Waals surface area contributed by atoms with Crippen LogP contribution in [0.25, 0.3) is 0 Å². The summed E-state index contributed by atoms with van der Waals surface area (Å²) in [6, 6.07) is 0. The van der Waals surface area contributed by atoms with Crippen molar-refractivity contribution in [1.82, 2.24) is 0 Å². The van der Waals surface area contributed by atoms with Gasteiger partial charge in [0.15, 0.2) is 0 Å². The van der Waals surface area contributed by atoms with Crippen LogP contribution in [0, 0.1) is 5.92 Å². The fourth-order valence-corrected chi connectivity index (χ4v) is 1.25. The van der Waals surface area contributed by atoms with Crippen molar-refractivity contribution in [3.05, 3.63) is 0 Å². The van der Waals surface area contributed by atoms with Crippen LogP contribution in [-0.2, 0) is 9.53 Å². The lowest BCUT2D eigenvalue weighted by atomic mass is 10.0. The highest BCUT2D eigenvalue weighted by Gasteiger charge is 2.08. The fourth-order valence-electron chi connectivity index (χ4n) is 1.15. The van der Waals surface area contributed by atoms with Gasteiger partial charge in [0, 0.05) is 5.75 Å². The van der Waals surface area contributed by atoms with Crippen molar-refractivity contribution < 1.29 is 14.6 Å². The lowest BCUT2D eigenvalue weighted by Crippen LogP contribution is -2.14. The average Bonchev–Trinajstić information content (AvgIpc) is 2.38. The van der Waals surface area contributed by atoms with Crippen LogP contribution in [0.4, 0.5) is 0 Å². The van der Waals surface area contributed by atoms with Crippen LogP contribution >= 0.6 is 25.3 Å². The third-order valence-corrected chi connectivity index (χ3v) is 2.71. The largest absolute Gasteiger partial charge is 0.465 e. The first kappa shape index (κ1) is 19.5. The van der Waals surface area contributed by atoms with Crippen molar-refractivity contribution in [2.45, 2.75) is 39.5 Å². The molecule has 0 radical (unpaired) electrons. The van der Waals surface area contributed by atoms with Crippen molar-refractivity contribution in [3.8, 4) is 0 Å². The van der Waals surface area contributed by atoms with Crippen LogP contribution in [0.2, 0.25) is 0 Å². The van der Waals surface area contributed by atoms with Gasteiger partial charge in [-0.25, -0.2) is 0 Å². The van der Waals surface area contributed by atoms with Crippen LogP contribution in [0.3, 0.4) is 0 Å². The third-order valence-electron chi connectivity index (χ3n) is 2.25. The first-order chi connectivity index (χ1) is 8.15. The monoisotopic (exact) mass is 282 g/mol. The summed E-state index contributed by atoms with van der Waals surface area (Å²) in [5.41, 5.74) is 0. The molecule has 1 atom stereocenters. The minimum Gasteiger partial charge on any atom is -0.465 e. The van der Waals surface area contributed by atoms with Crippen LogP contribution in [0.1, 0.15) is 39.5 Å². The Morgan fingerprint density at radius 3 is 2.29 bits per heavy atom. The molecular weight excluding hydrogens is 256 g/mol. The first-order valence-electron chi connectivity index (χ1n) is 6.14. The van der Waals surface area contributed by atoms with Crippen molar-refractivity contribution in [3.63, 3.8) is 0 Å². The summed E-state index contributed by atoms with van der Waals surface area (Å²) >= 11 is 7.51. The molecule has 0 bridgehead atoms. The van der Waals surface area contributed by atoms with Crippen LogP contribution in [0.5, 0.6) is 0 Å². The minimum atomic E-state index is -0.210. The quantitative estimate of drug-likeness (QED) is 0.474. The number of aliphatic hydroxyl groups is 1. The first-order valence-corrected chi connectivity index (χ1v) is 7.40. The van der Waals surface area contributed by atoms with E-state index in [2.05, 4.69) is 39.1 Å². The number of unbranched alkanes of at least 4 members (excludes halogenated alkanes) is 1. The molecule has 3 nitrogen and oxygen atoms in total. The number of aliphatic hydroxyl groups excluding tert-OH is 1. The molecule has 0 aromatic rings. The van der Waals surface area contributed by atoms with E-state index in [1.54, 1.807) is 0 Å². The highest BCUT2D eigenvalue weighted by molar-refractivity contribution is 7.81. The number of hydrogen-bond acceptors (Lipinski definition) is 5. The SMILES string of the molecule is CCCCC(CC)COC(=O)CS.OCCS. The Hall–Kier alpha value is 0.130. The molecule has 0 amide bonds. The van der Waals surface area contributed by atoms with Gasteiger partial charge in [-0.05, 0) is 12.3 Å². The van der Waals surface area contributed by atoms with E-state index in [4.69, 9.17) is 9.84 Å². The maximum Gasteiger partial charge on any atom is 0.315 e. The van der Waals surface area contributed by atoms with E-state index in [1.165, 1.54) is 12.8 Å². The van der Waals surface area contributed by atoms with Gasteiger partial charge in [-0.2, -0.15) is 25.3 Å². The van der Waals surface area contributed by atoms with Gasteiger partial charge < -0.3 is 9.84 Å². The van der Waals surface area contributed by atoms with Crippen LogP contribution in [-0.4, -0.2) is 35.8 Å². The maximum atomic E-state index is 10.8. The number of thiol groups is 2. The standard InChI is InChI=1S/C10H20O2S.C2H6OS/c1-3-5-6-9(4-2)7-12-10(11)8-13;3-1-2-4/h9,13H,3-8H2,1-2H3;3-4H,1-2H2. The zero-order valence-corrected chi connectivity index (χ0v) is 12.7. The van der Waals surface area contributed by atoms with Crippen molar-refractivity contribution >= 4 is 31.2 Å². The Morgan fingerprint density at radius 1 is 1.35 bits per heavy atom. The third kappa shape index (κ3) is 16.1. The molecule has 17 heavy (non-hydrogen) atoms. The van der Waals surface area contributed by atoms with Gasteiger partial charge in [0.1, 0.15) is 0 Å². The van der Waals surface area contributed by atoms with Gasteiger partial charge in [0.25, 0.3) is 0 Å². The van der Waals surface area contributed by atoms with Gasteiger partial charge in [-0.1, -0.05) is 33.1 Å². The molecule has 0 spiro atoms. The van der Waals surface area contributed by atoms with Gasteiger partial charge >= 0.3 is 5.97 Å². The van der Waals surface area contributed by atoms with E-state index in [9.17, 15) is 4.79 Å². The van der Waals surface area contributed by atoms with Gasteiger partial charge in [-0.15, -0.1) is 0 Å². The van der Waals surface area contributed by atoms with E-state index in [0.29, 0.717) is 18.3 Å². The van der Waals surface area contributed by atoms with Crippen molar-refractivity contribution in [1.29, 1.82) is 0 Å². The molecule has 0 aliphatic carbocycles. The summed E-state index contributed by atoms with van der Waals surface area (Å²) in [6.45, 7) is 5.06. The number of hydrogen-bond donors (Lipinski definition) is 3. The summed E-state index contributed by atoms with van der Waals surface area (Å²) in [4.78, 5) is 10.8. The normalized spacial score (nSPS) is 11.4. The predicted molar refractivity (Wildman–Crippen MR) is 79.1 cm³/mol. The number of carbonyl (C=O) groups excluding carboxylic acids is 1. The highest BCUT2D eigenvalue weighted by Crippen LogP contribution is 2.12. The lowest BCUT2D eigenvalue weighted by Gasteiger charge is -2.13. The summed E-state index contributed by atoms with van der Waals surface area (Å²) in [5.74, 6) is 1.08. The molecule has 0 aromatic heterocycles. The fraction of sp³-hybridized carbons (Fsp3) is 0.917. The Balaban J connectivity index is 0. The number of carbonyl (C=O) groups is 1. The molecule has 0 aromatic carbocycles.